The lowest BCUT2D eigenvalue weighted by atomic mass is 10.1. The lowest BCUT2D eigenvalue weighted by Crippen LogP contribution is -2.22. The van der Waals surface area contributed by atoms with Crippen LogP contribution in [0.15, 0.2) is 47.4 Å². The SMILES string of the molecule is Cc1cc(Cl)ccc1NS(=O)(=O)c1ccc(CCC(=O)[O-])cc1. The molecule has 0 saturated heterocycles. The molecular weight excluding hydrogens is 338 g/mol. The summed E-state index contributed by atoms with van der Waals surface area (Å²) >= 11 is 5.85. The molecule has 0 bridgehead atoms. The lowest BCUT2D eigenvalue weighted by molar-refractivity contribution is -0.305. The number of nitrogens with one attached hydrogen (secondary N) is 1. The summed E-state index contributed by atoms with van der Waals surface area (Å²) in [5.74, 6) is -1.14. The highest BCUT2D eigenvalue weighted by atomic mass is 35.5. The third kappa shape index (κ3) is 4.71. The van der Waals surface area contributed by atoms with E-state index in [9.17, 15) is 18.3 Å². The van der Waals surface area contributed by atoms with Gasteiger partial charge in [-0.15, -0.1) is 0 Å². The van der Waals surface area contributed by atoms with Gasteiger partial charge in [0, 0.05) is 11.0 Å². The summed E-state index contributed by atoms with van der Waals surface area (Å²) in [6.07, 6.45) is 0.195. The van der Waals surface area contributed by atoms with Crippen LogP contribution < -0.4 is 9.83 Å². The molecule has 5 nitrogen and oxygen atoms in total. The second kappa shape index (κ2) is 7.02. The number of carboxylic acid groups (broad SMARTS) is 1. The second-order valence-electron chi connectivity index (χ2n) is 5.08. The molecule has 23 heavy (non-hydrogen) atoms. The topological polar surface area (TPSA) is 86.3 Å². The van der Waals surface area contributed by atoms with Gasteiger partial charge in [-0.1, -0.05) is 23.7 Å². The van der Waals surface area contributed by atoms with Crippen LogP contribution in [0.3, 0.4) is 0 Å². The predicted octanol–water partition coefficient (Wildman–Crippen LogP) is 2.13. The fourth-order valence-electron chi connectivity index (χ4n) is 2.03. The number of rotatable bonds is 6. The number of hydrogen-bond donors (Lipinski definition) is 1. The summed E-state index contributed by atoms with van der Waals surface area (Å²) in [4.78, 5) is 10.5. The largest absolute Gasteiger partial charge is 0.550 e. The van der Waals surface area contributed by atoms with Crippen molar-refractivity contribution >= 4 is 33.3 Å². The molecule has 7 heteroatoms. The van der Waals surface area contributed by atoms with Gasteiger partial charge < -0.3 is 9.90 Å². The number of carboxylic acids is 1. The van der Waals surface area contributed by atoms with Crippen LogP contribution in [0.4, 0.5) is 5.69 Å². The van der Waals surface area contributed by atoms with Crippen molar-refractivity contribution in [2.24, 2.45) is 0 Å². The van der Waals surface area contributed by atoms with Crippen molar-refractivity contribution in [3.8, 4) is 0 Å². The van der Waals surface area contributed by atoms with Crippen LogP contribution in [0.5, 0.6) is 0 Å². The molecule has 0 heterocycles. The Hall–Kier alpha value is -2.05. The Morgan fingerprint density at radius 3 is 2.39 bits per heavy atom. The van der Waals surface area contributed by atoms with Crippen molar-refractivity contribution in [3.05, 3.63) is 58.6 Å². The minimum absolute atomic E-state index is 0.101. The van der Waals surface area contributed by atoms with Gasteiger partial charge in [-0.2, -0.15) is 0 Å². The van der Waals surface area contributed by atoms with E-state index in [1.165, 1.54) is 12.1 Å². The van der Waals surface area contributed by atoms with Gasteiger partial charge in [0.2, 0.25) is 0 Å². The maximum absolute atomic E-state index is 12.4. The highest BCUT2D eigenvalue weighted by Crippen LogP contribution is 2.23. The number of sulfonamides is 1. The molecule has 2 aromatic carbocycles. The first-order chi connectivity index (χ1) is 10.8. The molecule has 122 valence electrons. The van der Waals surface area contributed by atoms with Crippen LogP contribution in [0, 0.1) is 6.92 Å². The molecule has 0 saturated carbocycles. The maximum atomic E-state index is 12.4. The molecule has 0 radical (unpaired) electrons. The number of carbonyl (C=O) groups is 1. The maximum Gasteiger partial charge on any atom is 0.261 e. The molecule has 2 aromatic rings. The second-order valence-corrected chi connectivity index (χ2v) is 7.20. The van der Waals surface area contributed by atoms with Gasteiger partial charge in [-0.25, -0.2) is 8.42 Å². The Labute approximate surface area is 140 Å². The Balaban J connectivity index is 2.17. The summed E-state index contributed by atoms with van der Waals surface area (Å²) in [7, 11) is -3.72. The first-order valence-corrected chi connectivity index (χ1v) is 8.72. The van der Waals surface area contributed by atoms with Gasteiger partial charge in [0.1, 0.15) is 0 Å². The molecule has 0 spiro atoms. The molecule has 0 aliphatic rings. The zero-order valence-electron chi connectivity index (χ0n) is 12.4. The van der Waals surface area contributed by atoms with Crippen molar-refractivity contribution in [2.45, 2.75) is 24.7 Å². The quantitative estimate of drug-likeness (QED) is 0.862. The molecular formula is C16H15ClNO4S-. The monoisotopic (exact) mass is 352 g/mol. The Bertz CT molecular complexity index is 816. The first kappa shape index (κ1) is 17.3. The molecule has 0 aromatic heterocycles. The Morgan fingerprint density at radius 2 is 1.83 bits per heavy atom. The van der Waals surface area contributed by atoms with Gasteiger partial charge >= 0.3 is 0 Å². The number of aryl methyl sites for hydroxylation is 2. The van der Waals surface area contributed by atoms with Crippen molar-refractivity contribution < 1.29 is 18.3 Å². The third-order valence-corrected chi connectivity index (χ3v) is 4.90. The van der Waals surface area contributed by atoms with Gasteiger partial charge in [-0.05, 0) is 61.2 Å². The summed E-state index contributed by atoms with van der Waals surface area (Å²) < 4.78 is 27.2. The Kier molecular flexibility index (Phi) is 5.28. The standard InChI is InChI=1S/C16H16ClNO4S/c1-11-10-13(17)5-8-15(11)18-23(21,22)14-6-2-12(3-7-14)4-9-16(19)20/h2-3,5-8,10,18H,4,9H2,1H3,(H,19,20)/p-1. The number of benzene rings is 2. The lowest BCUT2D eigenvalue weighted by Gasteiger charge is -2.11. The van der Waals surface area contributed by atoms with E-state index in [1.807, 2.05) is 0 Å². The van der Waals surface area contributed by atoms with E-state index in [0.717, 1.165) is 5.56 Å². The fourth-order valence-corrected chi connectivity index (χ4v) is 3.38. The molecule has 1 N–H and O–H groups in total. The number of carbonyl (C=O) groups excluding carboxylic acids is 1. The van der Waals surface area contributed by atoms with E-state index >= 15 is 0 Å². The van der Waals surface area contributed by atoms with E-state index in [1.54, 1.807) is 37.3 Å². The minimum Gasteiger partial charge on any atom is -0.550 e. The minimum atomic E-state index is -3.72. The highest BCUT2D eigenvalue weighted by molar-refractivity contribution is 7.92. The van der Waals surface area contributed by atoms with Crippen molar-refractivity contribution in [2.75, 3.05) is 4.72 Å². The summed E-state index contributed by atoms with van der Waals surface area (Å²) in [5, 5.41) is 11.0. The Morgan fingerprint density at radius 1 is 1.17 bits per heavy atom. The zero-order chi connectivity index (χ0) is 17.0. The number of hydrogen-bond acceptors (Lipinski definition) is 4. The van der Waals surface area contributed by atoms with E-state index in [-0.39, 0.29) is 11.3 Å². The van der Waals surface area contributed by atoms with Crippen LogP contribution in [0.1, 0.15) is 17.5 Å². The fraction of sp³-hybridized carbons (Fsp3) is 0.188. The van der Waals surface area contributed by atoms with Gasteiger partial charge in [0.15, 0.2) is 0 Å². The molecule has 0 unspecified atom stereocenters. The molecule has 0 fully saturated rings. The van der Waals surface area contributed by atoms with Crippen LogP contribution >= 0.6 is 11.6 Å². The first-order valence-electron chi connectivity index (χ1n) is 6.86. The van der Waals surface area contributed by atoms with Crippen LogP contribution in [0.25, 0.3) is 0 Å². The van der Waals surface area contributed by atoms with E-state index in [2.05, 4.69) is 4.72 Å². The number of anilines is 1. The molecule has 0 aliphatic carbocycles. The van der Waals surface area contributed by atoms with Crippen LogP contribution in [-0.4, -0.2) is 14.4 Å². The van der Waals surface area contributed by atoms with Crippen molar-refractivity contribution in [1.82, 2.24) is 0 Å². The summed E-state index contributed by atoms with van der Waals surface area (Å²) in [5.41, 5.74) is 1.90. The number of halogens is 1. The number of aliphatic carboxylic acids is 1. The molecule has 2 rings (SSSR count). The van der Waals surface area contributed by atoms with Crippen LogP contribution in [0.2, 0.25) is 5.02 Å². The zero-order valence-corrected chi connectivity index (χ0v) is 13.9. The van der Waals surface area contributed by atoms with E-state index in [0.29, 0.717) is 22.7 Å². The van der Waals surface area contributed by atoms with Gasteiger partial charge in [0.05, 0.1) is 10.6 Å². The smallest absolute Gasteiger partial charge is 0.261 e. The van der Waals surface area contributed by atoms with E-state index < -0.39 is 16.0 Å². The van der Waals surface area contributed by atoms with E-state index in [4.69, 9.17) is 11.6 Å². The average Bonchev–Trinajstić information content (AvgIpc) is 2.48. The van der Waals surface area contributed by atoms with Crippen LogP contribution in [-0.2, 0) is 21.2 Å². The van der Waals surface area contributed by atoms with Crippen molar-refractivity contribution in [1.29, 1.82) is 0 Å². The third-order valence-electron chi connectivity index (χ3n) is 3.28. The normalized spacial score (nSPS) is 11.2. The van der Waals surface area contributed by atoms with Crippen molar-refractivity contribution in [3.63, 3.8) is 0 Å². The molecule has 0 atom stereocenters. The highest BCUT2D eigenvalue weighted by Gasteiger charge is 2.15. The summed E-state index contributed by atoms with van der Waals surface area (Å²) in [6.45, 7) is 1.76. The molecule has 0 amide bonds. The average molecular weight is 353 g/mol. The predicted molar refractivity (Wildman–Crippen MR) is 86.8 cm³/mol. The van der Waals surface area contributed by atoms with Gasteiger partial charge in [-0.3, -0.25) is 4.72 Å². The summed E-state index contributed by atoms with van der Waals surface area (Å²) in [6, 6.07) is 10.9. The molecule has 0 aliphatic heterocycles. The van der Waals surface area contributed by atoms with Gasteiger partial charge in [0.25, 0.3) is 10.0 Å².